The van der Waals surface area contributed by atoms with Crippen molar-refractivity contribution in [3.05, 3.63) is 57.9 Å². The van der Waals surface area contributed by atoms with Crippen molar-refractivity contribution in [1.82, 2.24) is 0 Å². The number of methoxy groups -OCH3 is 1. The smallest absolute Gasteiger partial charge is 0.265 e. The van der Waals surface area contributed by atoms with Crippen molar-refractivity contribution >= 4 is 65.2 Å². The summed E-state index contributed by atoms with van der Waals surface area (Å²) in [4.78, 5) is 0. The summed E-state index contributed by atoms with van der Waals surface area (Å²) in [7, 11) is -2.32. The number of ether oxygens (including phenoxy) is 1. The van der Waals surface area contributed by atoms with Crippen LogP contribution in [0, 0.1) is 0 Å². The van der Waals surface area contributed by atoms with Crippen molar-refractivity contribution < 1.29 is 22.3 Å². The second-order valence-electron chi connectivity index (χ2n) is 7.98. The van der Waals surface area contributed by atoms with Gasteiger partial charge in [-0.3, -0.25) is 4.55 Å². The van der Waals surface area contributed by atoms with E-state index in [1.807, 2.05) is 17.5 Å². The number of aryl methyl sites for hydroxylation is 1. The number of thiophene rings is 1. The molecule has 0 unspecified atom stereocenters. The number of thiazole rings is 1. The molecule has 0 amide bonds. The molecule has 0 bridgehead atoms. The summed E-state index contributed by atoms with van der Waals surface area (Å²) in [5.74, 6) is 1.06. The molecule has 168 valence electrons. The van der Waals surface area contributed by atoms with Crippen molar-refractivity contribution in [3.8, 4) is 5.75 Å². The Kier molecular flexibility index (Phi) is 6.67. The molecule has 0 saturated heterocycles. The first-order chi connectivity index (χ1) is 15.3. The van der Waals surface area contributed by atoms with Crippen LogP contribution >= 0.6 is 22.7 Å². The second kappa shape index (κ2) is 9.31. The minimum absolute atomic E-state index is 0.263. The predicted octanol–water partition coefficient (Wildman–Crippen LogP) is 5.98. The highest BCUT2D eigenvalue weighted by molar-refractivity contribution is 7.85. The molecule has 5 nitrogen and oxygen atoms in total. The fourth-order valence-corrected chi connectivity index (χ4v) is 6.41. The quantitative estimate of drug-likeness (QED) is 0.245. The summed E-state index contributed by atoms with van der Waals surface area (Å²) >= 11 is 3.29. The van der Waals surface area contributed by atoms with E-state index >= 15 is 0 Å². The van der Waals surface area contributed by atoms with Crippen LogP contribution in [0.15, 0.2) is 41.8 Å². The SMILES string of the molecule is COc1cc2sc(/C=C/c3ccc(C(C)C)cc3)[n+](CCCS(=O)(=O)O)c2c2sccc12. The van der Waals surface area contributed by atoms with E-state index in [1.165, 1.54) is 5.56 Å². The molecule has 8 heteroatoms. The molecule has 0 spiro atoms. The lowest BCUT2D eigenvalue weighted by atomic mass is 10.0. The highest BCUT2D eigenvalue weighted by atomic mass is 32.2. The molecule has 0 radical (unpaired) electrons. The molecular weight excluding hydrogens is 462 g/mol. The Hall–Kier alpha value is -2.26. The van der Waals surface area contributed by atoms with E-state index < -0.39 is 10.1 Å². The first-order valence-corrected chi connectivity index (χ1v) is 13.7. The Bertz CT molecular complexity index is 1380. The maximum absolute atomic E-state index is 11.3. The summed E-state index contributed by atoms with van der Waals surface area (Å²) in [6, 6.07) is 12.6. The number of hydrogen-bond acceptors (Lipinski definition) is 5. The van der Waals surface area contributed by atoms with Crippen molar-refractivity contribution in [2.75, 3.05) is 12.9 Å². The van der Waals surface area contributed by atoms with Crippen LogP contribution in [0.25, 0.3) is 32.5 Å². The van der Waals surface area contributed by atoms with E-state index in [9.17, 15) is 13.0 Å². The van der Waals surface area contributed by atoms with Gasteiger partial charge in [0.15, 0.2) is 6.54 Å². The van der Waals surface area contributed by atoms with Crippen molar-refractivity contribution in [2.24, 2.45) is 0 Å². The second-order valence-corrected chi connectivity index (χ2v) is 11.5. The van der Waals surface area contributed by atoms with Gasteiger partial charge in [-0.25, -0.2) is 0 Å². The first-order valence-electron chi connectivity index (χ1n) is 10.4. The molecule has 32 heavy (non-hydrogen) atoms. The number of hydrogen-bond donors (Lipinski definition) is 1. The van der Waals surface area contributed by atoms with Gasteiger partial charge in [0.05, 0.1) is 12.9 Å². The average Bonchev–Trinajstić information content (AvgIpc) is 3.35. The molecule has 2 heterocycles. The van der Waals surface area contributed by atoms with Crippen LogP contribution < -0.4 is 9.30 Å². The van der Waals surface area contributed by atoms with Crippen LogP contribution in [0.4, 0.5) is 0 Å². The minimum atomic E-state index is -4.00. The van der Waals surface area contributed by atoms with Gasteiger partial charge < -0.3 is 4.74 Å². The van der Waals surface area contributed by atoms with Gasteiger partial charge in [-0.05, 0) is 34.6 Å². The van der Waals surface area contributed by atoms with Gasteiger partial charge in [0, 0.05) is 23.9 Å². The van der Waals surface area contributed by atoms with Gasteiger partial charge in [-0.1, -0.05) is 49.4 Å². The van der Waals surface area contributed by atoms with Crippen LogP contribution in [-0.4, -0.2) is 25.8 Å². The molecular formula is C24H26NO4S3+. The van der Waals surface area contributed by atoms with Crippen molar-refractivity contribution in [1.29, 1.82) is 0 Å². The van der Waals surface area contributed by atoms with Gasteiger partial charge in [0.25, 0.3) is 15.1 Å². The zero-order valence-corrected chi connectivity index (χ0v) is 20.7. The Morgan fingerprint density at radius 3 is 2.56 bits per heavy atom. The number of fused-ring (bicyclic) bond motifs is 3. The first kappa shape index (κ1) is 22.9. The van der Waals surface area contributed by atoms with Crippen LogP contribution in [-0.2, 0) is 16.7 Å². The molecule has 0 aliphatic heterocycles. The van der Waals surface area contributed by atoms with Crippen LogP contribution in [0.3, 0.4) is 0 Å². The fourth-order valence-electron chi connectivity index (χ4n) is 3.75. The van der Waals surface area contributed by atoms with Gasteiger partial charge in [0.2, 0.25) is 5.52 Å². The molecule has 1 N–H and O–H groups in total. The average molecular weight is 489 g/mol. The molecule has 0 atom stereocenters. The topological polar surface area (TPSA) is 67.5 Å². The Morgan fingerprint density at radius 2 is 1.91 bits per heavy atom. The fraction of sp³-hybridized carbons (Fsp3) is 0.292. The molecule has 0 aliphatic carbocycles. The van der Waals surface area contributed by atoms with E-state index in [0.717, 1.165) is 36.6 Å². The Balaban J connectivity index is 1.78. The number of nitrogens with zero attached hydrogens (tertiary/aromatic N) is 1. The molecule has 2 aromatic carbocycles. The standard InChI is InChI=1S/C24H25NO4S3/c1-16(2)18-8-5-17(6-9-18)7-10-22-25(12-4-14-32(26,27)28)23-21(31-22)15-20(29-3)19-11-13-30-24(19)23/h5-11,13,15-16H,4,12,14H2,1-3H3/p+1/b10-7+. The third-order valence-electron chi connectivity index (χ3n) is 5.42. The number of benzene rings is 2. The van der Waals surface area contributed by atoms with E-state index in [0.29, 0.717) is 18.9 Å². The van der Waals surface area contributed by atoms with Crippen LogP contribution in [0.1, 0.15) is 42.3 Å². The van der Waals surface area contributed by atoms with Gasteiger partial charge in [-0.2, -0.15) is 13.0 Å². The normalized spacial score (nSPS) is 12.5. The monoisotopic (exact) mass is 488 g/mol. The lowest BCUT2D eigenvalue weighted by Gasteiger charge is -2.04. The molecule has 0 saturated carbocycles. The zero-order valence-electron chi connectivity index (χ0n) is 18.2. The highest BCUT2D eigenvalue weighted by Crippen LogP contribution is 2.38. The van der Waals surface area contributed by atoms with Crippen LogP contribution in [0.2, 0.25) is 0 Å². The third-order valence-corrected chi connectivity index (χ3v) is 8.24. The summed E-state index contributed by atoms with van der Waals surface area (Å²) in [6.07, 6.45) is 4.49. The third kappa shape index (κ3) is 4.88. The maximum atomic E-state index is 11.3. The lowest BCUT2D eigenvalue weighted by molar-refractivity contribution is -0.667. The van der Waals surface area contributed by atoms with Crippen molar-refractivity contribution in [2.45, 2.75) is 32.7 Å². The van der Waals surface area contributed by atoms with Crippen LogP contribution in [0.5, 0.6) is 5.75 Å². The minimum Gasteiger partial charge on any atom is -0.496 e. The molecule has 0 fully saturated rings. The number of rotatable bonds is 8. The summed E-state index contributed by atoms with van der Waals surface area (Å²) < 4.78 is 41.7. The van der Waals surface area contributed by atoms with E-state index in [4.69, 9.17) is 4.74 Å². The zero-order chi connectivity index (χ0) is 22.9. The van der Waals surface area contributed by atoms with Gasteiger partial charge in [-0.15, -0.1) is 11.3 Å². The van der Waals surface area contributed by atoms with Crippen molar-refractivity contribution in [3.63, 3.8) is 0 Å². The molecule has 0 aliphatic rings. The maximum Gasteiger partial charge on any atom is 0.265 e. The largest absolute Gasteiger partial charge is 0.496 e. The van der Waals surface area contributed by atoms with E-state index in [1.54, 1.807) is 29.8 Å². The van der Waals surface area contributed by atoms with E-state index in [2.05, 4.69) is 54.8 Å². The lowest BCUT2D eigenvalue weighted by Crippen LogP contribution is -2.36. The predicted molar refractivity (Wildman–Crippen MR) is 134 cm³/mol. The molecule has 4 aromatic rings. The van der Waals surface area contributed by atoms with Gasteiger partial charge in [0.1, 0.15) is 15.1 Å². The Morgan fingerprint density at radius 1 is 1.16 bits per heavy atom. The molecule has 4 rings (SSSR count). The van der Waals surface area contributed by atoms with Gasteiger partial charge >= 0.3 is 0 Å². The summed E-state index contributed by atoms with van der Waals surface area (Å²) in [5, 5.41) is 4.11. The summed E-state index contributed by atoms with van der Waals surface area (Å²) in [5.41, 5.74) is 3.48. The number of aromatic nitrogens is 1. The Labute approximate surface area is 196 Å². The van der Waals surface area contributed by atoms with E-state index in [-0.39, 0.29) is 5.75 Å². The molecule has 2 aromatic heterocycles. The summed E-state index contributed by atoms with van der Waals surface area (Å²) in [6.45, 7) is 4.85. The highest BCUT2D eigenvalue weighted by Gasteiger charge is 2.24.